The van der Waals surface area contributed by atoms with Gasteiger partial charge >= 0.3 is 0 Å². The number of hydrazone groups is 1. The van der Waals surface area contributed by atoms with Crippen LogP contribution in [0, 0.1) is 20.8 Å². The standard InChI is InChI=1S/C28H26Cl2N4O3S/c1-19-9-7-10-23(15-19)33(38(36,37)24-11-5-4-6-12-24)18-27(35)32-31-17-22-16-20(2)34(21(22)3)26-14-8-13-25(29)28(26)30/h4-17H,18H2,1-3H3,(H,32,35)/b31-17-. The summed E-state index contributed by atoms with van der Waals surface area (Å²) < 4.78 is 29.9. The lowest BCUT2D eigenvalue weighted by Gasteiger charge is -2.24. The number of anilines is 1. The Morgan fingerprint density at radius 3 is 2.39 bits per heavy atom. The van der Waals surface area contributed by atoms with Gasteiger partial charge in [0.1, 0.15) is 6.54 Å². The molecule has 4 rings (SSSR count). The van der Waals surface area contributed by atoms with E-state index in [0.717, 1.165) is 32.5 Å². The number of carbonyl (C=O) groups is 1. The van der Waals surface area contributed by atoms with Crippen LogP contribution < -0.4 is 9.73 Å². The molecule has 196 valence electrons. The molecule has 38 heavy (non-hydrogen) atoms. The molecule has 1 N–H and O–H groups in total. The Labute approximate surface area is 232 Å². The summed E-state index contributed by atoms with van der Waals surface area (Å²) in [7, 11) is -4.00. The summed E-state index contributed by atoms with van der Waals surface area (Å²) in [5, 5.41) is 4.97. The SMILES string of the molecule is Cc1cccc(N(CC(=O)N/N=C\c2cc(C)n(-c3cccc(Cl)c3Cl)c2C)S(=O)(=O)c2ccccc2)c1. The summed E-state index contributed by atoms with van der Waals surface area (Å²) >= 11 is 12.6. The van der Waals surface area contributed by atoms with E-state index in [1.54, 1.807) is 42.5 Å². The summed E-state index contributed by atoms with van der Waals surface area (Å²) in [6, 6.07) is 22.3. The quantitative estimate of drug-likeness (QED) is 0.207. The minimum absolute atomic E-state index is 0.0879. The van der Waals surface area contributed by atoms with Gasteiger partial charge in [-0.1, -0.05) is 59.6 Å². The number of amides is 1. The molecule has 0 aliphatic rings. The summed E-state index contributed by atoms with van der Waals surface area (Å²) in [5.74, 6) is -0.589. The lowest BCUT2D eigenvalue weighted by molar-refractivity contribution is -0.119. The maximum Gasteiger partial charge on any atom is 0.264 e. The van der Waals surface area contributed by atoms with E-state index in [4.69, 9.17) is 23.2 Å². The number of rotatable bonds is 8. The molecule has 1 heterocycles. The van der Waals surface area contributed by atoms with Crippen molar-refractivity contribution in [2.24, 2.45) is 5.10 Å². The fourth-order valence-corrected chi connectivity index (χ4v) is 5.93. The lowest BCUT2D eigenvalue weighted by Crippen LogP contribution is -2.39. The third-order valence-electron chi connectivity index (χ3n) is 5.94. The van der Waals surface area contributed by atoms with Gasteiger partial charge in [0.15, 0.2) is 0 Å². The molecule has 3 aromatic carbocycles. The third-order valence-corrected chi connectivity index (χ3v) is 8.54. The van der Waals surface area contributed by atoms with Crippen LogP contribution in [0.15, 0.2) is 88.9 Å². The minimum Gasteiger partial charge on any atom is -0.316 e. The van der Waals surface area contributed by atoms with Gasteiger partial charge in [0, 0.05) is 17.0 Å². The van der Waals surface area contributed by atoms with Crippen molar-refractivity contribution in [1.29, 1.82) is 0 Å². The first kappa shape index (κ1) is 27.4. The Hall–Kier alpha value is -3.59. The molecule has 10 heteroatoms. The molecule has 0 spiro atoms. The van der Waals surface area contributed by atoms with Crippen molar-refractivity contribution >= 4 is 51.0 Å². The molecule has 0 radical (unpaired) electrons. The molecule has 0 unspecified atom stereocenters. The molecular formula is C28H26Cl2N4O3S. The van der Waals surface area contributed by atoms with Crippen LogP contribution in [0.1, 0.15) is 22.5 Å². The van der Waals surface area contributed by atoms with Crippen molar-refractivity contribution in [3.8, 4) is 5.69 Å². The van der Waals surface area contributed by atoms with Crippen LogP contribution in [0.4, 0.5) is 5.69 Å². The van der Waals surface area contributed by atoms with E-state index in [0.29, 0.717) is 15.7 Å². The van der Waals surface area contributed by atoms with Crippen LogP contribution in [-0.4, -0.2) is 31.7 Å². The molecule has 0 saturated carbocycles. The van der Waals surface area contributed by atoms with E-state index in [-0.39, 0.29) is 4.90 Å². The minimum atomic E-state index is -4.00. The van der Waals surface area contributed by atoms with Gasteiger partial charge in [0.25, 0.3) is 15.9 Å². The average molecular weight is 570 g/mol. The molecule has 0 fully saturated rings. The second-order valence-corrected chi connectivity index (χ2v) is 11.3. The molecule has 4 aromatic rings. The smallest absolute Gasteiger partial charge is 0.264 e. The number of nitrogens with zero attached hydrogens (tertiary/aromatic N) is 3. The molecule has 0 aliphatic carbocycles. The van der Waals surface area contributed by atoms with Gasteiger partial charge in [-0.05, 0) is 68.8 Å². The van der Waals surface area contributed by atoms with Gasteiger partial charge < -0.3 is 4.57 Å². The summed E-state index contributed by atoms with van der Waals surface area (Å²) in [6.07, 6.45) is 1.51. The van der Waals surface area contributed by atoms with Crippen LogP contribution in [-0.2, 0) is 14.8 Å². The first-order valence-corrected chi connectivity index (χ1v) is 13.9. The van der Waals surface area contributed by atoms with Gasteiger partial charge in [0.05, 0.1) is 32.5 Å². The molecule has 0 saturated heterocycles. The molecule has 0 bridgehead atoms. The zero-order valence-electron chi connectivity index (χ0n) is 21.0. The van der Waals surface area contributed by atoms with Crippen molar-refractivity contribution in [2.45, 2.75) is 25.7 Å². The number of carbonyl (C=O) groups excluding carboxylic acids is 1. The van der Waals surface area contributed by atoms with E-state index < -0.39 is 22.5 Å². The Balaban J connectivity index is 1.56. The third kappa shape index (κ3) is 5.78. The van der Waals surface area contributed by atoms with Gasteiger partial charge in [-0.3, -0.25) is 9.10 Å². The number of hydrogen-bond acceptors (Lipinski definition) is 4. The van der Waals surface area contributed by atoms with Gasteiger partial charge in [0.2, 0.25) is 0 Å². The summed E-state index contributed by atoms with van der Waals surface area (Å²) in [6.45, 7) is 5.23. The maximum atomic E-state index is 13.4. The second kappa shape index (κ2) is 11.4. The van der Waals surface area contributed by atoms with Crippen LogP contribution >= 0.6 is 23.2 Å². The predicted molar refractivity (Wildman–Crippen MR) is 153 cm³/mol. The van der Waals surface area contributed by atoms with Crippen LogP contribution in [0.3, 0.4) is 0 Å². The van der Waals surface area contributed by atoms with Crippen LogP contribution in [0.25, 0.3) is 5.69 Å². The second-order valence-electron chi connectivity index (χ2n) is 8.69. The van der Waals surface area contributed by atoms with Crippen molar-refractivity contribution in [3.05, 3.63) is 111 Å². The fourth-order valence-electron chi connectivity index (χ4n) is 4.11. The van der Waals surface area contributed by atoms with Crippen molar-refractivity contribution < 1.29 is 13.2 Å². The average Bonchev–Trinajstić information content (AvgIpc) is 3.17. The van der Waals surface area contributed by atoms with Crippen molar-refractivity contribution in [1.82, 2.24) is 9.99 Å². The summed E-state index contributed by atoms with van der Waals surface area (Å²) in [5.41, 5.74) is 6.94. The Morgan fingerprint density at radius 2 is 1.68 bits per heavy atom. The van der Waals surface area contributed by atoms with E-state index >= 15 is 0 Å². The fraction of sp³-hybridized carbons (Fsp3) is 0.143. The monoisotopic (exact) mass is 568 g/mol. The van der Waals surface area contributed by atoms with E-state index in [1.807, 2.05) is 49.6 Å². The molecule has 0 aliphatic heterocycles. The Bertz CT molecular complexity index is 1620. The molecule has 1 aromatic heterocycles. The first-order valence-electron chi connectivity index (χ1n) is 11.7. The maximum absolute atomic E-state index is 13.4. The van der Waals surface area contributed by atoms with Gasteiger partial charge in [-0.15, -0.1) is 0 Å². The number of hydrogen-bond donors (Lipinski definition) is 1. The van der Waals surface area contributed by atoms with E-state index in [1.165, 1.54) is 18.3 Å². The van der Waals surface area contributed by atoms with Crippen LogP contribution in [0.2, 0.25) is 10.0 Å². The highest BCUT2D eigenvalue weighted by atomic mass is 35.5. The number of nitrogens with one attached hydrogen (secondary N) is 1. The van der Waals surface area contributed by atoms with Gasteiger partial charge in [-0.25, -0.2) is 13.8 Å². The lowest BCUT2D eigenvalue weighted by atomic mass is 10.2. The highest BCUT2D eigenvalue weighted by Crippen LogP contribution is 2.31. The number of sulfonamides is 1. The predicted octanol–water partition coefficient (Wildman–Crippen LogP) is 6.05. The zero-order chi connectivity index (χ0) is 27.4. The molecular weight excluding hydrogens is 543 g/mol. The highest BCUT2D eigenvalue weighted by Gasteiger charge is 2.27. The topological polar surface area (TPSA) is 83.8 Å². The van der Waals surface area contributed by atoms with Crippen molar-refractivity contribution in [2.75, 3.05) is 10.8 Å². The number of aromatic nitrogens is 1. The van der Waals surface area contributed by atoms with E-state index in [2.05, 4.69) is 10.5 Å². The van der Waals surface area contributed by atoms with Crippen molar-refractivity contribution in [3.63, 3.8) is 0 Å². The van der Waals surface area contributed by atoms with Gasteiger partial charge in [-0.2, -0.15) is 5.10 Å². The Kier molecular flexibility index (Phi) is 8.26. The first-order chi connectivity index (χ1) is 18.1. The number of aryl methyl sites for hydroxylation is 2. The highest BCUT2D eigenvalue weighted by molar-refractivity contribution is 7.92. The Morgan fingerprint density at radius 1 is 0.974 bits per heavy atom. The zero-order valence-corrected chi connectivity index (χ0v) is 23.3. The van der Waals surface area contributed by atoms with Crippen LogP contribution in [0.5, 0.6) is 0 Å². The largest absolute Gasteiger partial charge is 0.316 e. The molecule has 1 amide bonds. The number of benzene rings is 3. The summed E-state index contributed by atoms with van der Waals surface area (Å²) in [4.78, 5) is 13.0. The normalized spacial score (nSPS) is 11.6. The van der Waals surface area contributed by atoms with E-state index in [9.17, 15) is 13.2 Å². The molecule has 0 atom stereocenters. The number of halogens is 2. The molecule has 7 nitrogen and oxygen atoms in total.